The van der Waals surface area contributed by atoms with E-state index < -0.39 is 6.10 Å². The van der Waals surface area contributed by atoms with Crippen molar-refractivity contribution in [1.82, 2.24) is 19.7 Å². The predicted octanol–water partition coefficient (Wildman–Crippen LogP) is 4.69. The number of anilines is 1. The first-order chi connectivity index (χ1) is 14.9. The summed E-state index contributed by atoms with van der Waals surface area (Å²) >= 11 is 0. The van der Waals surface area contributed by atoms with Crippen molar-refractivity contribution in [1.29, 1.82) is 0 Å². The Labute approximate surface area is 178 Å². The molecule has 0 radical (unpaired) electrons. The number of oxazole rings is 1. The number of nitrogens with zero attached hydrogens (tertiary/aromatic N) is 4. The van der Waals surface area contributed by atoms with Crippen molar-refractivity contribution in [2.75, 3.05) is 5.73 Å². The van der Waals surface area contributed by atoms with Crippen molar-refractivity contribution in [2.24, 2.45) is 0 Å². The van der Waals surface area contributed by atoms with Gasteiger partial charge in [-0.1, -0.05) is 0 Å². The zero-order valence-electron chi connectivity index (χ0n) is 17.5. The fraction of sp³-hybridized carbons (Fsp3) is 0.261. The molecule has 0 saturated carbocycles. The number of aryl methyl sites for hydroxylation is 2. The number of pyridine rings is 1. The largest absolute Gasteiger partial charge is 0.482 e. The normalized spacial score (nSPS) is 15.2. The van der Waals surface area contributed by atoms with Crippen molar-refractivity contribution < 1.29 is 13.5 Å². The number of nitrogen functional groups attached to an aromatic ring is 1. The number of nitrogens with two attached hydrogens (primary N) is 1. The molecule has 158 valence electrons. The van der Waals surface area contributed by atoms with E-state index in [1.165, 1.54) is 12.1 Å². The molecule has 0 fully saturated rings. The van der Waals surface area contributed by atoms with Crippen molar-refractivity contribution in [3.8, 4) is 28.3 Å². The van der Waals surface area contributed by atoms with Gasteiger partial charge >= 0.3 is 0 Å². The minimum atomic E-state index is -0.495. The molecule has 31 heavy (non-hydrogen) atoms. The second-order valence-corrected chi connectivity index (χ2v) is 7.61. The molecule has 2 bridgehead atoms. The Kier molecular flexibility index (Phi) is 4.50. The number of benzene rings is 1. The molecule has 0 aliphatic carbocycles. The Morgan fingerprint density at radius 2 is 2.10 bits per heavy atom. The molecule has 0 saturated heterocycles. The summed E-state index contributed by atoms with van der Waals surface area (Å²) in [4.78, 5) is 8.96. The molecule has 1 atom stereocenters. The lowest BCUT2D eigenvalue weighted by Crippen LogP contribution is -2.10. The van der Waals surface area contributed by atoms with Crippen molar-refractivity contribution in [3.63, 3.8) is 0 Å². The van der Waals surface area contributed by atoms with Crippen LogP contribution in [0.5, 0.6) is 5.75 Å². The van der Waals surface area contributed by atoms with E-state index in [4.69, 9.17) is 14.9 Å². The Morgan fingerprint density at radius 1 is 1.26 bits per heavy atom. The van der Waals surface area contributed by atoms with Gasteiger partial charge in [0.05, 0.1) is 11.9 Å². The van der Waals surface area contributed by atoms with Crippen LogP contribution in [0.4, 0.5) is 10.2 Å². The van der Waals surface area contributed by atoms with Gasteiger partial charge in [-0.3, -0.25) is 4.68 Å². The minimum absolute atomic E-state index is 0.271. The smallest absolute Gasteiger partial charge is 0.191 e. The fourth-order valence-electron chi connectivity index (χ4n) is 4.12. The van der Waals surface area contributed by atoms with Gasteiger partial charge in [0.25, 0.3) is 0 Å². The second kappa shape index (κ2) is 7.23. The number of halogens is 1. The van der Waals surface area contributed by atoms with Gasteiger partial charge < -0.3 is 14.9 Å². The van der Waals surface area contributed by atoms with E-state index >= 15 is 0 Å². The molecule has 7 nitrogen and oxygen atoms in total. The maximum atomic E-state index is 14.2. The van der Waals surface area contributed by atoms with Crippen LogP contribution in [-0.2, 0) is 13.0 Å². The molecular weight excluding hydrogens is 397 g/mol. The first kappa shape index (κ1) is 19.3. The average Bonchev–Trinajstić information content (AvgIpc) is 3.32. The molecule has 1 aliphatic heterocycles. The molecule has 2 N–H and O–H groups in total. The number of hydrogen-bond donors (Lipinski definition) is 1. The quantitative estimate of drug-likeness (QED) is 0.481. The van der Waals surface area contributed by atoms with Crippen LogP contribution in [0.15, 0.2) is 41.1 Å². The summed E-state index contributed by atoms with van der Waals surface area (Å²) in [5, 5.41) is 4.54. The SMILES string of the molecule is CCn1ncc2c1-c1cnc(N)c(c1)O[C@H](C)c1cc(F)ccc1-c1nc(C)oc1C2. The molecule has 4 heterocycles. The average molecular weight is 419 g/mol. The van der Waals surface area contributed by atoms with Crippen LogP contribution in [0.25, 0.3) is 22.5 Å². The first-order valence-electron chi connectivity index (χ1n) is 10.2. The third-order valence-corrected chi connectivity index (χ3v) is 5.54. The van der Waals surface area contributed by atoms with Gasteiger partial charge in [-0.25, -0.2) is 14.4 Å². The molecule has 0 unspecified atom stereocenters. The Hall–Kier alpha value is -3.68. The van der Waals surface area contributed by atoms with Gasteiger partial charge in [0.2, 0.25) is 0 Å². The topological polar surface area (TPSA) is 92.0 Å². The maximum absolute atomic E-state index is 14.2. The molecule has 1 aromatic carbocycles. The van der Waals surface area contributed by atoms with Crippen LogP contribution in [0.2, 0.25) is 0 Å². The van der Waals surface area contributed by atoms with E-state index in [2.05, 4.69) is 15.1 Å². The Balaban J connectivity index is 1.81. The van der Waals surface area contributed by atoms with Crippen LogP contribution < -0.4 is 10.5 Å². The summed E-state index contributed by atoms with van der Waals surface area (Å²) < 4.78 is 28.3. The van der Waals surface area contributed by atoms with Crippen molar-refractivity contribution in [3.05, 3.63) is 65.3 Å². The van der Waals surface area contributed by atoms with Crippen LogP contribution >= 0.6 is 0 Å². The van der Waals surface area contributed by atoms with Crippen LogP contribution in [0.1, 0.15) is 42.7 Å². The molecular formula is C23H22FN5O2. The molecule has 0 amide bonds. The second-order valence-electron chi connectivity index (χ2n) is 7.61. The third-order valence-electron chi connectivity index (χ3n) is 5.54. The highest BCUT2D eigenvalue weighted by atomic mass is 19.1. The van der Waals surface area contributed by atoms with E-state index in [0.29, 0.717) is 41.6 Å². The first-order valence-corrected chi connectivity index (χ1v) is 10.2. The highest BCUT2D eigenvalue weighted by Crippen LogP contribution is 2.38. The van der Waals surface area contributed by atoms with Gasteiger partial charge in [0.15, 0.2) is 17.5 Å². The molecule has 3 aromatic heterocycles. The van der Waals surface area contributed by atoms with Crippen LogP contribution in [0.3, 0.4) is 0 Å². The van der Waals surface area contributed by atoms with Crippen molar-refractivity contribution in [2.45, 2.75) is 39.8 Å². The lowest BCUT2D eigenvalue weighted by molar-refractivity contribution is 0.227. The van der Waals surface area contributed by atoms with E-state index in [-0.39, 0.29) is 11.6 Å². The van der Waals surface area contributed by atoms with E-state index in [9.17, 15) is 4.39 Å². The van der Waals surface area contributed by atoms with Gasteiger partial charge in [-0.2, -0.15) is 5.10 Å². The maximum Gasteiger partial charge on any atom is 0.191 e. The highest BCUT2D eigenvalue weighted by Gasteiger charge is 2.25. The van der Waals surface area contributed by atoms with Gasteiger partial charge in [0.1, 0.15) is 23.4 Å². The van der Waals surface area contributed by atoms with Crippen LogP contribution in [-0.4, -0.2) is 19.7 Å². The standard InChI is InChI=1S/C23H22FN5O2/c1-4-29-22-14-8-20(23(25)26-10-14)30-12(2)18-9-16(24)5-6-17(18)21-19(31-13(3)28-21)7-15(22)11-27-29/h5-6,8-12H,4,7H2,1-3H3,(H2,25,26)/t12-/m1/s1. The highest BCUT2D eigenvalue weighted by molar-refractivity contribution is 5.71. The Bertz CT molecular complexity index is 1290. The summed E-state index contributed by atoms with van der Waals surface area (Å²) in [5.41, 5.74) is 10.9. The number of fused-ring (bicyclic) bond motifs is 7. The van der Waals surface area contributed by atoms with E-state index in [0.717, 1.165) is 22.4 Å². The van der Waals surface area contributed by atoms with Crippen LogP contribution in [0, 0.1) is 12.7 Å². The van der Waals surface area contributed by atoms with E-state index in [1.807, 2.05) is 30.8 Å². The third kappa shape index (κ3) is 3.24. The molecule has 5 rings (SSSR count). The molecule has 0 spiro atoms. The summed E-state index contributed by atoms with van der Waals surface area (Å²) in [6.45, 7) is 6.38. The summed E-state index contributed by atoms with van der Waals surface area (Å²) in [6, 6.07) is 6.46. The lowest BCUT2D eigenvalue weighted by Gasteiger charge is -2.20. The lowest BCUT2D eigenvalue weighted by atomic mass is 9.96. The number of rotatable bonds is 1. The zero-order chi connectivity index (χ0) is 21.7. The monoisotopic (exact) mass is 419 g/mol. The Morgan fingerprint density at radius 3 is 2.90 bits per heavy atom. The number of hydrogen-bond acceptors (Lipinski definition) is 6. The summed E-state index contributed by atoms with van der Waals surface area (Å²) in [7, 11) is 0. The molecule has 8 heteroatoms. The van der Waals surface area contributed by atoms with Crippen molar-refractivity contribution >= 4 is 5.82 Å². The summed E-state index contributed by atoms with van der Waals surface area (Å²) in [6.07, 6.45) is 3.53. The van der Waals surface area contributed by atoms with E-state index in [1.54, 1.807) is 19.2 Å². The minimum Gasteiger partial charge on any atom is -0.482 e. The zero-order valence-corrected chi connectivity index (χ0v) is 17.5. The predicted molar refractivity (Wildman–Crippen MR) is 114 cm³/mol. The molecule has 4 aromatic rings. The summed E-state index contributed by atoms with van der Waals surface area (Å²) in [5.74, 6) is 1.59. The van der Waals surface area contributed by atoms with Gasteiger partial charge in [-0.05, 0) is 38.1 Å². The van der Waals surface area contributed by atoms with Gasteiger partial charge in [0, 0.05) is 48.3 Å². The number of ether oxygens (including phenoxy) is 1. The molecule has 1 aliphatic rings. The van der Waals surface area contributed by atoms with Gasteiger partial charge in [-0.15, -0.1) is 0 Å². The number of aromatic nitrogens is 4. The fourth-order valence-corrected chi connectivity index (χ4v) is 4.12.